The van der Waals surface area contributed by atoms with E-state index in [1.54, 1.807) is 12.1 Å². The number of thioether (sulfide) groups is 1. The van der Waals surface area contributed by atoms with Crippen molar-refractivity contribution in [1.82, 2.24) is 9.29 Å². The summed E-state index contributed by atoms with van der Waals surface area (Å²) < 4.78 is 32.0. The Hall–Kier alpha value is -2.16. The highest BCUT2D eigenvalue weighted by Crippen LogP contribution is 2.31. The van der Waals surface area contributed by atoms with Crippen molar-refractivity contribution in [2.75, 3.05) is 13.1 Å². The number of fused-ring (bicyclic) bond motifs is 2. The van der Waals surface area contributed by atoms with Crippen LogP contribution in [0.25, 0.3) is 11.0 Å². The Kier molecular flexibility index (Phi) is 5.99. The number of sulfonamides is 1. The van der Waals surface area contributed by atoms with E-state index in [4.69, 9.17) is 4.42 Å². The zero-order valence-corrected chi connectivity index (χ0v) is 18.7. The van der Waals surface area contributed by atoms with Gasteiger partial charge in [-0.1, -0.05) is 13.8 Å². The molecule has 8 heteroatoms. The van der Waals surface area contributed by atoms with Crippen LogP contribution in [0.5, 0.6) is 0 Å². The number of aryl methyl sites for hydroxylation is 2. The largest absolute Gasteiger partial charge is 0.423 e. The third kappa shape index (κ3) is 4.04. The zero-order valence-electron chi connectivity index (χ0n) is 17.1. The minimum atomic E-state index is -3.52. The standard InChI is InChI=1S/C22H24N2O4S2/c1-3-24(4-2)30(26,27)18-8-9-21(23-13-18)29-14-17-12-22(25)28-20-11-16-7-5-6-15(16)10-19(17)20/h8-13H,3-7,14H2,1-2H3. The molecule has 0 atom stereocenters. The SMILES string of the molecule is CCN(CC)S(=O)(=O)c1ccc(SCc2cc(=O)oc3cc4c(cc23)CCC4)nc1. The van der Waals surface area contributed by atoms with Gasteiger partial charge in [0.2, 0.25) is 10.0 Å². The van der Waals surface area contributed by atoms with Gasteiger partial charge in [-0.15, -0.1) is 11.8 Å². The maximum absolute atomic E-state index is 12.6. The van der Waals surface area contributed by atoms with E-state index in [0.717, 1.165) is 30.2 Å². The van der Waals surface area contributed by atoms with Crippen LogP contribution >= 0.6 is 11.8 Å². The van der Waals surface area contributed by atoms with Gasteiger partial charge in [-0.05, 0) is 60.2 Å². The molecule has 0 saturated carbocycles. The van der Waals surface area contributed by atoms with E-state index in [1.165, 1.54) is 39.5 Å². The predicted octanol–water partition coefficient (Wildman–Crippen LogP) is 4.00. The quantitative estimate of drug-likeness (QED) is 0.405. The molecule has 0 saturated heterocycles. The molecule has 0 bridgehead atoms. The summed E-state index contributed by atoms with van der Waals surface area (Å²) >= 11 is 1.47. The molecule has 6 nitrogen and oxygen atoms in total. The van der Waals surface area contributed by atoms with E-state index in [-0.39, 0.29) is 10.5 Å². The number of pyridine rings is 1. The predicted molar refractivity (Wildman–Crippen MR) is 118 cm³/mol. The first kappa shape index (κ1) is 21.1. The van der Waals surface area contributed by atoms with Crippen LogP contribution in [-0.4, -0.2) is 30.8 Å². The molecule has 158 valence electrons. The number of rotatable bonds is 7. The Morgan fingerprint density at radius 3 is 2.50 bits per heavy atom. The first-order valence-electron chi connectivity index (χ1n) is 10.1. The van der Waals surface area contributed by atoms with Gasteiger partial charge in [-0.25, -0.2) is 18.2 Å². The lowest BCUT2D eigenvalue weighted by molar-refractivity contribution is 0.445. The monoisotopic (exact) mass is 444 g/mol. The second-order valence-electron chi connectivity index (χ2n) is 7.27. The minimum Gasteiger partial charge on any atom is -0.423 e. The van der Waals surface area contributed by atoms with E-state index in [0.29, 0.717) is 29.5 Å². The number of hydrogen-bond donors (Lipinski definition) is 0. The van der Waals surface area contributed by atoms with Gasteiger partial charge in [-0.2, -0.15) is 4.31 Å². The fourth-order valence-electron chi connectivity index (χ4n) is 3.88. The van der Waals surface area contributed by atoms with Crippen molar-refractivity contribution in [3.63, 3.8) is 0 Å². The molecule has 0 unspecified atom stereocenters. The lowest BCUT2D eigenvalue weighted by Crippen LogP contribution is -2.30. The minimum absolute atomic E-state index is 0.192. The van der Waals surface area contributed by atoms with E-state index in [9.17, 15) is 13.2 Å². The van der Waals surface area contributed by atoms with Crippen molar-refractivity contribution in [2.45, 2.75) is 48.8 Å². The summed E-state index contributed by atoms with van der Waals surface area (Å²) in [6.07, 6.45) is 4.62. The zero-order chi connectivity index (χ0) is 21.3. The normalized spacial score (nSPS) is 13.8. The van der Waals surface area contributed by atoms with Crippen LogP contribution in [0.4, 0.5) is 0 Å². The molecule has 2 aromatic heterocycles. The number of hydrogen-bond acceptors (Lipinski definition) is 6. The molecule has 4 rings (SSSR count). The van der Waals surface area contributed by atoms with Gasteiger partial charge in [0.25, 0.3) is 0 Å². The van der Waals surface area contributed by atoms with Gasteiger partial charge in [0, 0.05) is 36.5 Å². The molecule has 3 aromatic rings. The fourth-order valence-corrected chi connectivity index (χ4v) is 6.12. The van der Waals surface area contributed by atoms with Crippen molar-refractivity contribution in [1.29, 1.82) is 0 Å². The molecule has 1 aliphatic carbocycles. The van der Waals surface area contributed by atoms with E-state index in [2.05, 4.69) is 11.1 Å². The molecule has 0 amide bonds. The van der Waals surface area contributed by atoms with Gasteiger partial charge in [0.05, 0.1) is 5.03 Å². The Balaban J connectivity index is 1.57. The summed E-state index contributed by atoms with van der Waals surface area (Å²) in [4.78, 5) is 16.5. The molecule has 0 aliphatic heterocycles. The van der Waals surface area contributed by atoms with Gasteiger partial charge in [-0.3, -0.25) is 0 Å². The highest BCUT2D eigenvalue weighted by molar-refractivity contribution is 7.98. The maximum Gasteiger partial charge on any atom is 0.336 e. The molecule has 1 aromatic carbocycles. The summed E-state index contributed by atoms with van der Waals surface area (Å²) in [7, 11) is -3.52. The highest BCUT2D eigenvalue weighted by atomic mass is 32.2. The van der Waals surface area contributed by atoms with Crippen LogP contribution in [0.1, 0.15) is 37.0 Å². The number of benzene rings is 1. The Labute approximate surface area is 180 Å². The van der Waals surface area contributed by atoms with Gasteiger partial charge in [0.1, 0.15) is 10.5 Å². The van der Waals surface area contributed by atoms with Crippen LogP contribution in [0.15, 0.2) is 55.7 Å². The average Bonchev–Trinajstić information content (AvgIpc) is 3.19. The lowest BCUT2D eigenvalue weighted by Gasteiger charge is -2.18. The summed E-state index contributed by atoms with van der Waals surface area (Å²) in [5.41, 5.74) is 3.77. The van der Waals surface area contributed by atoms with E-state index >= 15 is 0 Å². The smallest absolute Gasteiger partial charge is 0.336 e. The number of nitrogens with zero attached hydrogens (tertiary/aromatic N) is 2. The molecular weight excluding hydrogens is 420 g/mol. The molecule has 0 fully saturated rings. The Morgan fingerprint density at radius 1 is 1.10 bits per heavy atom. The second-order valence-corrected chi connectivity index (χ2v) is 10.2. The first-order valence-corrected chi connectivity index (χ1v) is 12.5. The molecule has 0 spiro atoms. The fraction of sp³-hybridized carbons (Fsp3) is 0.364. The Morgan fingerprint density at radius 2 is 1.83 bits per heavy atom. The lowest BCUT2D eigenvalue weighted by atomic mass is 10.0. The molecular formula is C22H24N2O4S2. The van der Waals surface area contributed by atoms with Crippen LogP contribution in [0.2, 0.25) is 0 Å². The topological polar surface area (TPSA) is 80.5 Å². The Bertz CT molecular complexity index is 1230. The summed E-state index contributed by atoms with van der Waals surface area (Å²) in [5, 5.41) is 1.67. The molecule has 1 aliphatic rings. The second kappa shape index (κ2) is 8.53. The van der Waals surface area contributed by atoms with Crippen LogP contribution in [-0.2, 0) is 28.6 Å². The van der Waals surface area contributed by atoms with Crippen LogP contribution in [0.3, 0.4) is 0 Å². The van der Waals surface area contributed by atoms with E-state index < -0.39 is 10.0 Å². The van der Waals surface area contributed by atoms with Crippen LogP contribution in [0, 0.1) is 0 Å². The molecule has 2 heterocycles. The van der Waals surface area contributed by atoms with Gasteiger partial charge in [0.15, 0.2) is 0 Å². The first-order chi connectivity index (χ1) is 14.4. The van der Waals surface area contributed by atoms with Crippen molar-refractivity contribution in [3.05, 3.63) is 63.6 Å². The summed E-state index contributed by atoms with van der Waals surface area (Å²) in [6.45, 7) is 4.47. The van der Waals surface area contributed by atoms with Gasteiger partial charge >= 0.3 is 5.63 Å². The highest BCUT2D eigenvalue weighted by Gasteiger charge is 2.22. The summed E-state index contributed by atoms with van der Waals surface area (Å²) in [5.74, 6) is 0.552. The van der Waals surface area contributed by atoms with Crippen molar-refractivity contribution >= 4 is 32.8 Å². The van der Waals surface area contributed by atoms with E-state index in [1.807, 2.05) is 19.9 Å². The van der Waals surface area contributed by atoms with Gasteiger partial charge < -0.3 is 4.42 Å². The van der Waals surface area contributed by atoms with Crippen molar-refractivity contribution < 1.29 is 12.8 Å². The van der Waals surface area contributed by atoms with Crippen LogP contribution < -0.4 is 5.63 Å². The number of aromatic nitrogens is 1. The molecule has 30 heavy (non-hydrogen) atoms. The molecule has 0 radical (unpaired) electrons. The van der Waals surface area contributed by atoms with Crippen molar-refractivity contribution in [3.8, 4) is 0 Å². The average molecular weight is 445 g/mol. The van der Waals surface area contributed by atoms with Crippen molar-refractivity contribution in [2.24, 2.45) is 0 Å². The maximum atomic E-state index is 12.6. The third-order valence-corrected chi connectivity index (χ3v) is 8.50. The summed E-state index contributed by atoms with van der Waals surface area (Å²) in [6, 6.07) is 8.98. The third-order valence-electron chi connectivity index (χ3n) is 5.47. The molecule has 0 N–H and O–H groups in total.